The van der Waals surface area contributed by atoms with E-state index >= 15 is 0 Å². The largest absolute Gasteiger partial charge is 0.343 e. The van der Waals surface area contributed by atoms with Crippen LogP contribution in [0.4, 0.5) is 4.39 Å². The topological polar surface area (TPSA) is 8.17 Å². The summed E-state index contributed by atoms with van der Waals surface area (Å²) in [6.45, 7) is 2.20. The first-order chi connectivity index (χ1) is 8.50. The second-order valence-electron chi connectivity index (χ2n) is 5.29. The Bertz CT molecular complexity index is 618. The van der Waals surface area contributed by atoms with Crippen molar-refractivity contribution in [3.05, 3.63) is 34.7 Å². The molecule has 2 aromatic rings. The predicted octanol–water partition coefficient (Wildman–Crippen LogP) is 3.48. The Morgan fingerprint density at radius 2 is 2.17 bits per heavy atom. The molecule has 0 N–H and O–H groups in total. The summed E-state index contributed by atoms with van der Waals surface area (Å²) in [6.07, 6.45) is 2.88. The van der Waals surface area contributed by atoms with Crippen molar-refractivity contribution >= 4 is 22.5 Å². The van der Waals surface area contributed by atoms with Crippen LogP contribution in [0.5, 0.6) is 0 Å². The normalized spacial score (nSPS) is 23.0. The van der Waals surface area contributed by atoms with Crippen molar-refractivity contribution in [3.8, 4) is 0 Å². The lowest BCUT2D eigenvalue weighted by Gasteiger charge is -2.36. The number of benzene rings is 1. The fraction of sp³-hybridized carbons (Fsp3) is 0.429. The molecule has 1 aliphatic heterocycles. The third kappa shape index (κ3) is 1.50. The van der Waals surface area contributed by atoms with E-state index in [-0.39, 0.29) is 10.8 Å². The highest BCUT2D eigenvalue weighted by Crippen LogP contribution is 2.37. The van der Waals surface area contributed by atoms with E-state index in [0.717, 1.165) is 22.9 Å². The molecule has 2 heterocycles. The summed E-state index contributed by atoms with van der Waals surface area (Å²) in [5.41, 5.74) is 2.14. The molecule has 0 radical (unpaired) electrons. The van der Waals surface area contributed by atoms with Crippen LogP contribution in [-0.2, 0) is 6.42 Å². The number of halogens is 2. The Morgan fingerprint density at radius 1 is 1.44 bits per heavy atom. The van der Waals surface area contributed by atoms with Gasteiger partial charge in [0.1, 0.15) is 5.82 Å². The molecule has 0 bridgehead atoms. The Labute approximate surface area is 111 Å². The van der Waals surface area contributed by atoms with Crippen molar-refractivity contribution in [2.75, 3.05) is 14.1 Å². The predicted molar refractivity (Wildman–Crippen MR) is 72.8 cm³/mol. The lowest BCUT2D eigenvalue weighted by Crippen LogP contribution is -2.39. The van der Waals surface area contributed by atoms with Gasteiger partial charge < -0.3 is 9.47 Å². The smallest absolute Gasteiger partial charge is 0.142 e. The number of likely N-dealkylation sites (N-methyl/N-ethyl adjacent to an activating group) is 1. The number of hydrogen-bond acceptors (Lipinski definition) is 1. The van der Waals surface area contributed by atoms with Gasteiger partial charge in [0.2, 0.25) is 0 Å². The first kappa shape index (κ1) is 12.0. The lowest BCUT2D eigenvalue weighted by molar-refractivity contribution is 0.216. The summed E-state index contributed by atoms with van der Waals surface area (Å²) < 4.78 is 16.0. The average Bonchev–Trinajstić information content (AvgIpc) is 2.75. The van der Waals surface area contributed by atoms with Gasteiger partial charge in [-0.15, -0.1) is 0 Å². The Morgan fingerprint density at radius 3 is 2.83 bits per heavy atom. The SMILES string of the molecule is C[C@H]1[C@@H](N(C)C)Cc2cc(F)c(Cl)c3ccn1c23. The molecule has 0 saturated carbocycles. The van der Waals surface area contributed by atoms with E-state index in [4.69, 9.17) is 11.6 Å². The van der Waals surface area contributed by atoms with Crippen LogP contribution in [0.1, 0.15) is 18.5 Å². The quantitative estimate of drug-likeness (QED) is 0.767. The number of aromatic nitrogens is 1. The highest BCUT2D eigenvalue weighted by Gasteiger charge is 2.29. The van der Waals surface area contributed by atoms with E-state index in [9.17, 15) is 4.39 Å². The molecule has 1 aromatic heterocycles. The van der Waals surface area contributed by atoms with Gasteiger partial charge in [-0.2, -0.15) is 0 Å². The average molecular weight is 267 g/mol. The summed E-state index contributed by atoms with van der Waals surface area (Å²) in [7, 11) is 4.14. The monoisotopic (exact) mass is 266 g/mol. The molecule has 0 spiro atoms. The molecule has 1 aromatic carbocycles. The zero-order chi connectivity index (χ0) is 13.0. The Hall–Kier alpha value is -1.06. The molecule has 2 nitrogen and oxygen atoms in total. The van der Waals surface area contributed by atoms with Crippen molar-refractivity contribution < 1.29 is 4.39 Å². The maximum Gasteiger partial charge on any atom is 0.142 e. The lowest BCUT2D eigenvalue weighted by atomic mass is 9.94. The zero-order valence-electron chi connectivity index (χ0n) is 10.7. The summed E-state index contributed by atoms with van der Waals surface area (Å²) in [5.74, 6) is -0.316. The zero-order valence-corrected chi connectivity index (χ0v) is 11.5. The van der Waals surface area contributed by atoms with Crippen LogP contribution in [0.2, 0.25) is 5.02 Å². The molecule has 2 atom stereocenters. The van der Waals surface area contributed by atoms with Gasteiger partial charge >= 0.3 is 0 Å². The molecule has 0 aliphatic carbocycles. The van der Waals surface area contributed by atoms with E-state index in [1.165, 1.54) is 0 Å². The molecule has 1 aliphatic rings. The van der Waals surface area contributed by atoms with Crippen molar-refractivity contribution in [1.82, 2.24) is 9.47 Å². The maximum absolute atomic E-state index is 13.8. The fourth-order valence-corrected chi connectivity index (χ4v) is 3.27. The minimum Gasteiger partial charge on any atom is -0.343 e. The van der Waals surface area contributed by atoms with E-state index in [2.05, 4.69) is 30.5 Å². The maximum atomic E-state index is 13.8. The third-order valence-corrected chi connectivity index (χ3v) is 4.44. The molecule has 0 fully saturated rings. The molecule has 0 saturated heterocycles. The first-order valence-corrected chi connectivity index (χ1v) is 6.52. The van der Waals surface area contributed by atoms with Gasteiger partial charge in [0.15, 0.2) is 0 Å². The molecule has 4 heteroatoms. The standard InChI is InChI=1S/C14H16ClFN2/c1-8-12(17(2)3)7-9-6-11(16)13(15)10-4-5-18(8)14(9)10/h4-6,8,12H,7H2,1-3H3/t8-,12-/m0/s1. The van der Waals surface area contributed by atoms with Gasteiger partial charge in [-0.3, -0.25) is 0 Å². The fourth-order valence-electron chi connectivity index (χ4n) is 3.07. The number of hydrogen-bond donors (Lipinski definition) is 0. The van der Waals surface area contributed by atoms with Crippen molar-refractivity contribution in [2.24, 2.45) is 0 Å². The molecule has 0 unspecified atom stereocenters. The van der Waals surface area contributed by atoms with Gasteiger partial charge in [0.25, 0.3) is 0 Å². The third-order valence-electron chi connectivity index (χ3n) is 4.05. The van der Waals surface area contributed by atoms with E-state index in [1.807, 2.05) is 12.3 Å². The second-order valence-corrected chi connectivity index (χ2v) is 5.67. The summed E-state index contributed by atoms with van der Waals surface area (Å²) in [5, 5.41) is 1.07. The van der Waals surface area contributed by atoms with Crippen molar-refractivity contribution in [1.29, 1.82) is 0 Å². The summed E-state index contributed by atoms with van der Waals surface area (Å²) in [4.78, 5) is 2.20. The molecular weight excluding hydrogens is 251 g/mol. The van der Waals surface area contributed by atoms with Crippen LogP contribution in [-0.4, -0.2) is 29.6 Å². The minimum absolute atomic E-state index is 0.239. The molecule has 3 rings (SSSR count). The van der Waals surface area contributed by atoms with Crippen molar-refractivity contribution in [2.45, 2.75) is 25.4 Å². The highest BCUT2D eigenvalue weighted by molar-refractivity contribution is 6.35. The van der Waals surface area contributed by atoms with Crippen LogP contribution >= 0.6 is 11.6 Å². The van der Waals surface area contributed by atoms with Gasteiger partial charge in [-0.05, 0) is 45.1 Å². The summed E-state index contributed by atoms with van der Waals surface area (Å²) in [6, 6.07) is 4.25. The van der Waals surface area contributed by atoms with Crippen LogP contribution in [0.25, 0.3) is 10.9 Å². The van der Waals surface area contributed by atoms with Crippen LogP contribution in [0.3, 0.4) is 0 Å². The van der Waals surface area contributed by atoms with Gasteiger partial charge in [-0.25, -0.2) is 4.39 Å². The second kappa shape index (κ2) is 3.97. The molecule has 18 heavy (non-hydrogen) atoms. The van der Waals surface area contributed by atoms with Gasteiger partial charge in [0, 0.05) is 23.7 Å². The molecule has 96 valence electrons. The first-order valence-electron chi connectivity index (χ1n) is 6.14. The minimum atomic E-state index is -0.316. The van der Waals surface area contributed by atoms with E-state index in [0.29, 0.717) is 12.1 Å². The molecular formula is C14H16ClFN2. The van der Waals surface area contributed by atoms with Gasteiger partial charge in [-0.1, -0.05) is 11.6 Å². The Kier molecular flexibility index (Phi) is 2.65. The van der Waals surface area contributed by atoms with E-state index in [1.54, 1.807) is 6.07 Å². The highest BCUT2D eigenvalue weighted by atomic mass is 35.5. The Balaban J connectivity index is 2.28. The molecule has 0 amide bonds. The van der Waals surface area contributed by atoms with Crippen LogP contribution in [0, 0.1) is 5.82 Å². The number of rotatable bonds is 1. The van der Waals surface area contributed by atoms with Crippen LogP contribution < -0.4 is 0 Å². The number of nitrogens with zero attached hydrogens (tertiary/aromatic N) is 2. The van der Waals surface area contributed by atoms with E-state index < -0.39 is 0 Å². The van der Waals surface area contributed by atoms with Crippen LogP contribution in [0.15, 0.2) is 18.3 Å². The summed E-state index contributed by atoms with van der Waals surface area (Å²) >= 11 is 6.04. The van der Waals surface area contributed by atoms with Crippen molar-refractivity contribution in [3.63, 3.8) is 0 Å². The van der Waals surface area contributed by atoms with Gasteiger partial charge in [0.05, 0.1) is 10.5 Å².